The molecule has 0 saturated carbocycles. The van der Waals surface area contributed by atoms with Gasteiger partial charge in [-0.3, -0.25) is 9.59 Å². The zero-order valence-electron chi connectivity index (χ0n) is 13.6. The van der Waals surface area contributed by atoms with E-state index in [9.17, 15) is 14.0 Å². The Balaban J connectivity index is 1.52. The second-order valence-corrected chi connectivity index (χ2v) is 5.93. The molecule has 1 aliphatic rings. The normalized spacial score (nSPS) is 17.6. The summed E-state index contributed by atoms with van der Waals surface area (Å²) in [5.41, 5.74) is 0.635. The van der Waals surface area contributed by atoms with E-state index in [0.29, 0.717) is 30.2 Å². The van der Waals surface area contributed by atoms with Gasteiger partial charge in [-0.1, -0.05) is 5.16 Å². The molecule has 1 atom stereocenters. The van der Waals surface area contributed by atoms with Crippen molar-refractivity contribution in [3.05, 3.63) is 36.0 Å². The van der Waals surface area contributed by atoms with Crippen LogP contribution in [0.25, 0.3) is 11.4 Å². The van der Waals surface area contributed by atoms with Crippen LogP contribution >= 0.6 is 0 Å². The Kier molecular flexibility index (Phi) is 5.37. The highest BCUT2D eigenvalue weighted by Crippen LogP contribution is 2.16. The van der Waals surface area contributed by atoms with Gasteiger partial charge in [0.1, 0.15) is 11.9 Å². The van der Waals surface area contributed by atoms with Crippen molar-refractivity contribution >= 4 is 11.8 Å². The summed E-state index contributed by atoms with van der Waals surface area (Å²) in [5.74, 6) is -0.0455. The van der Waals surface area contributed by atoms with Crippen molar-refractivity contribution in [2.24, 2.45) is 0 Å². The van der Waals surface area contributed by atoms with E-state index >= 15 is 0 Å². The number of nitrogens with one attached hydrogen (secondary N) is 2. The third kappa shape index (κ3) is 4.62. The van der Waals surface area contributed by atoms with Gasteiger partial charge in [0.15, 0.2) is 0 Å². The van der Waals surface area contributed by atoms with Crippen LogP contribution in [0.4, 0.5) is 4.39 Å². The van der Waals surface area contributed by atoms with Crippen molar-refractivity contribution < 1.29 is 18.5 Å². The number of amides is 2. The number of rotatable bonds is 5. The van der Waals surface area contributed by atoms with Crippen LogP contribution < -0.4 is 10.6 Å². The Labute approximate surface area is 144 Å². The average molecular weight is 346 g/mol. The summed E-state index contributed by atoms with van der Waals surface area (Å²) in [6, 6.07) is 5.27. The number of benzene rings is 1. The molecule has 7 nitrogen and oxygen atoms in total. The summed E-state index contributed by atoms with van der Waals surface area (Å²) in [5, 5.41) is 9.35. The van der Waals surface area contributed by atoms with E-state index in [1.54, 1.807) is 12.1 Å². The number of aromatic nitrogens is 2. The molecule has 1 saturated heterocycles. The molecule has 2 heterocycles. The van der Waals surface area contributed by atoms with Crippen LogP contribution in [-0.4, -0.2) is 34.5 Å². The molecule has 1 fully saturated rings. The Morgan fingerprint density at radius 2 is 2.12 bits per heavy atom. The minimum absolute atomic E-state index is 0.137. The van der Waals surface area contributed by atoms with Crippen molar-refractivity contribution in [3.8, 4) is 11.4 Å². The molecule has 0 spiro atoms. The summed E-state index contributed by atoms with van der Waals surface area (Å²) >= 11 is 0. The lowest BCUT2D eigenvalue weighted by Crippen LogP contribution is -2.45. The molecule has 0 radical (unpaired) electrons. The van der Waals surface area contributed by atoms with Crippen molar-refractivity contribution in [2.45, 2.75) is 38.1 Å². The Hall–Kier alpha value is -2.77. The maximum Gasteiger partial charge on any atom is 0.242 e. The highest BCUT2D eigenvalue weighted by Gasteiger charge is 2.22. The number of carbonyl (C=O) groups excluding carboxylic acids is 2. The highest BCUT2D eigenvalue weighted by atomic mass is 19.1. The van der Waals surface area contributed by atoms with Crippen LogP contribution in [0.2, 0.25) is 0 Å². The van der Waals surface area contributed by atoms with Gasteiger partial charge in [0.2, 0.25) is 23.5 Å². The van der Waals surface area contributed by atoms with Crippen LogP contribution in [0.1, 0.15) is 31.6 Å². The fourth-order valence-electron chi connectivity index (χ4n) is 2.64. The first-order valence-electron chi connectivity index (χ1n) is 8.27. The fraction of sp³-hybridized carbons (Fsp3) is 0.412. The second-order valence-electron chi connectivity index (χ2n) is 5.93. The quantitative estimate of drug-likeness (QED) is 0.857. The summed E-state index contributed by atoms with van der Waals surface area (Å²) in [7, 11) is 0. The molecule has 25 heavy (non-hydrogen) atoms. The maximum atomic E-state index is 12.9. The number of carbonyl (C=O) groups is 2. The number of nitrogens with zero attached hydrogens (tertiary/aromatic N) is 2. The van der Waals surface area contributed by atoms with Crippen LogP contribution in [0.3, 0.4) is 0 Å². The third-order valence-electron chi connectivity index (χ3n) is 4.01. The van der Waals surface area contributed by atoms with Gasteiger partial charge in [-0.25, -0.2) is 4.39 Å². The molecule has 2 amide bonds. The Bertz CT molecular complexity index is 745. The fourth-order valence-corrected chi connectivity index (χ4v) is 2.64. The Morgan fingerprint density at radius 1 is 1.32 bits per heavy atom. The van der Waals surface area contributed by atoms with Crippen molar-refractivity contribution in [1.82, 2.24) is 20.8 Å². The minimum Gasteiger partial charge on any atom is -0.354 e. The van der Waals surface area contributed by atoms with Crippen LogP contribution in [0.15, 0.2) is 28.8 Å². The number of halogens is 1. The first kappa shape index (κ1) is 17.1. The van der Waals surface area contributed by atoms with Gasteiger partial charge in [-0.05, 0) is 43.5 Å². The molecule has 8 heteroatoms. The van der Waals surface area contributed by atoms with E-state index in [0.717, 1.165) is 12.8 Å². The highest BCUT2D eigenvalue weighted by molar-refractivity contribution is 5.87. The van der Waals surface area contributed by atoms with Crippen molar-refractivity contribution in [2.75, 3.05) is 6.54 Å². The topological polar surface area (TPSA) is 97.1 Å². The first-order valence-corrected chi connectivity index (χ1v) is 8.27. The standard InChI is InChI=1S/C17H19FN4O3/c18-12-6-4-11(5-7-12)16-21-15(25-22-16)9-8-14(23)20-13-3-1-2-10-19-17(13)24/h4-7,13H,1-3,8-10H2,(H,19,24)(H,20,23). The SMILES string of the molecule is O=C(CCc1nc(-c2ccc(F)cc2)no1)NC1CCCCNC1=O. The van der Waals surface area contributed by atoms with Gasteiger partial charge in [0.05, 0.1) is 0 Å². The summed E-state index contributed by atoms with van der Waals surface area (Å²) in [6.07, 6.45) is 2.89. The van der Waals surface area contributed by atoms with E-state index in [1.165, 1.54) is 12.1 Å². The number of hydrogen-bond acceptors (Lipinski definition) is 5. The van der Waals surface area contributed by atoms with Crippen molar-refractivity contribution in [3.63, 3.8) is 0 Å². The molecular weight excluding hydrogens is 327 g/mol. The molecule has 132 valence electrons. The molecule has 2 aromatic rings. The van der Waals surface area contributed by atoms with Crippen LogP contribution in [0.5, 0.6) is 0 Å². The van der Waals surface area contributed by atoms with Gasteiger partial charge < -0.3 is 15.2 Å². The van der Waals surface area contributed by atoms with Gasteiger partial charge in [-0.2, -0.15) is 4.98 Å². The van der Waals surface area contributed by atoms with Crippen molar-refractivity contribution in [1.29, 1.82) is 0 Å². The van der Waals surface area contributed by atoms with Crippen LogP contribution in [-0.2, 0) is 16.0 Å². The molecule has 1 unspecified atom stereocenters. The van der Waals surface area contributed by atoms with E-state index < -0.39 is 6.04 Å². The lowest BCUT2D eigenvalue weighted by Gasteiger charge is -2.14. The predicted octanol–water partition coefficient (Wildman–Crippen LogP) is 1.59. The number of aryl methyl sites for hydroxylation is 1. The maximum absolute atomic E-state index is 12.9. The summed E-state index contributed by atoms with van der Waals surface area (Å²) < 4.78 is 18.0. The minimum atomic E-state index is -0.479. The molecular formula is C17H19FN4O3. The van der Waals surface area contributed by atoms with Crippen LogP contribution in [0, 0.1) is 5.82 Å². The molecule has 0 bridgehead atoms. The summed E-state index contributed by atoms with van der Waals surface area (Å²) in [6.45, 7) is 0.652. The molecule has 1 aliphatic heterocycles. The van der Waals surface area contributed by atoms with Gasteiger partial charge >= 0.3 is 0 Å². The molecule has 3 rings (SSSR count). The molecule has 1 aromatic heterocycles. The zero-order chi connectivity index (χ0) is 17.6. The lowest BCUT2D eigenvalue weighted by atomic mass is 10.1. The van der Waals surface area contributed by atoms with E-state index in [-0.39, 0.29) is 30.5 Å². The smallest absolute Gasteiger partial charge is 0.242 e. The zero-order valence-corrected chi connectivity index (χ0v) is 13.6. The molecule has 0 aliphatic carbocycles. The van der Waals surface area contributed by atoms with E-state index in [2.05, 4.69) is 20.8 Å². The summed E-state index contributed by atoms with van der Waals surface area (Å²) in [4.78, 5) is 28.0. The lowest BCUT2D eigenvalue weighted by molar-refractivity contribution is -0.128. The van der Waals surface area contributed by atoms with E-state index in [1.807, 2.05) is 0 Å². The predicted molar refractivity (Wildman–Crippen MR) is 86.8 cm³/mol. The van der Waals surface area contributed by atoms with Gasteiger partial charge in [0.25, 0.3) is 0 Å². The number of hydrogen-bond donors (Lipinski definition) is 2. The van der Waals surface area contributed by atoms with Gasteiger partial charge in [-0.15, -0.1) is 0 Å². The Morgan fingerprint density at radius 3 is 2.92 bits per heavy atom. The first-order chi connectivity index (χ1) is 12.1. The monoisotopic (exact) mass is 346 g/mol. The molecule has 2 N–H and O–H groups in total. The van der Waals surface area contributed by atoms with E-state index in [4.69, 9.17) is 4.52 Å². The average Bonchev–Trinajstić information content (AvgIpc) is 2.99. The second kappa shape index (κ2) is 7.87. The largest absolute Gasteiger partial charge is 0.354 e. The van der Waals surface area contributed by atoms with Gasteiger partial charge in [0, 0.05) is 24.9 Å². The third-order valence-corrected chi connectivity index (χ3v) is 4.01. The molecule has 1 aromatic carbocycles.